The van der Waals surface area contributed by atoms with Crippen LogP contribution in [0.1, 0.15) is 84.6 Å². The Morgan fingerprint density at radius 3 is 2.44 bits per heavy atom. The fourth-order valence-corrected chi connectivity index (χ4v) is 5.68. The lowest BCUT2D eigenvalue weighted by Gasteiger charge is -2.41. The van der Waals surface area contributed by atoms with E-state index in [1.54, 1.807) is 25.9 Å². The van der Waals surface area contributed by atoms with Crippen LogP contribution in [0.2, 0.25) is 5.02 Å². The standard InChI is InChI=1S/C32H49ClN4O6/c1-21(2)37(22-13-12-16-35(19-22)30(40)43-31(3,4)5)28(38)27-25(33)23-14-11-15-24(42-20-32(6,7)29(34)39)26(23)36(27)17-9-10-18-41-8/h11,14-15,21-22H,9-10,12-13,16-20H2,1-8H3,(H2,34,39)/t22-/m1/s1. The number of amides is 3. The highest BCUT2D eigenvalue weighted by molar-refractivity contribution is 6.39. The van der Waals surface area contributed by atoms with Gasteiger partial charge in [0.1, 0.15) is 23.7 Å². The van der Waals surface area contributed by atoms with Crippen LogP contribution in [0.4, 0.5) is 4.79 Å². The Bertz CT molecular complexity index is 1300. The number of carbonyl (C=O) groups is 3. The third kappa shape index (κ3) is 8.35. The molecule has 1 aliphatic heterocycles. The Kier molecular flexibility index (Phi) is 11.4. The zero-order valence-corrected chi connectivity index (χ0v) is 27.8. The molecule has 0 unspecified atom stereocenters. The summed E-state index contributed by atoms with van der Waals surface area (Å²) < 4.78 is 19.0. The van der Waals surface area contributed by atoms with E-state index in [1.165, 1.54) is 0 Å². The van der Waals surface area contributed by atoms with Crippen molar-refractivity contribution in [3.05, 3.63) is 28.9 Å². The second-order valence-corrected chi connectivity index (χ2v) is 13.6. The molecule has 2 aromatic rings. The molecule has 3 amide bonds. The van der Waals surface area contributed by atoms with Crippen molar-refractivity contribution in [2.45, 2.75) is 98.4 Å². The van der Waals surface area contributed by atoms with Crippen molar-refractivity contribution in [1.29, 1.82) is 0 Å². The van der Waals surface area contributed by atoms with Crippen LogP contribution in [0.15, 0.2) is 18.2 Å². The molecule has 11 heteroatoms. The van der Waals surface area contributed by atoms with Gasteiger partial charge in [-0.1, -0.05) is 23.7 Å². The molecule has 1 aromatic carbocycles. The number of primary amides is 1. The van der Waals surface area contributed by atoms with Gasteiger partial charge in [-0.05, 0) is 80.2 Å². The molecule has 1 fully saturated rings. The van der Waals surface area contributed by atoms with Crippen LogP contribution in [0.25, 0.3) is 10.9 Å². The normalized spacial score (nSPS) is 16.0. The smallest absolute Gasteiger partial charge is 0.410 e. The SMILES string of the molecule is COCCCCn1c(C(=O)N(C(C)C)[C@@H]2CCCN(C(=O)OC(C)(C)C)C2)c(Cl)c2cccc(OCC(C)(C)C(N)=O)c21. The summed E-state index contributed by atoms with van der Waals surface area (Å²) in [6.45, 7) is 15.1. The van der Waals surface area contributed by atoms with Crippen molar-refractivity contribution < 1.29 is 28.6 Å². The maximum atomic E-state index is 14.6. The molecule has 43 heavy (non-hydrogen) atoms. The van der Waals surface area contributed by atoms with E-state index in [0.717, 1.165) is 25.7 Å². The van der Waals surface area contributed by atoms with Crippen molar-refractivity contribution in [1.82, 2.24) is 14.4 Å². The molecule has 2 heterocycles. The number of aryl methyl sites for hydroxylation is 1. The van der Waals surface area contributed by atoms with E-state index in [-0.39, 0.29) is 30.7 Å². The average Bonchev–Trinajstić information content (AvgIpc) is 3.20. The minimum atomic E-state index is -0.893. The van der Waals surface area contributed by atoms with Crippen LogP contribution < -0.4 is 10.5 Å². The number of likely N-dealkylation sites (tertiary alicyclic amines) is 1. The number of halogens is 1. The summed E-state index contributed by atoms with van der Waals surface area (Å²) in [6.07, 6.45) is 2.67. The first-order chi connectivity index (χ1) is 20.1. The number of fused-ring (bicyclic) bond motifs is 1. The number of rotatable bonds is 12. The van der Waals surface area contributed by atoms with Crippen LogP contribution in [0, 0.1) is 5.41 Å². The zero-order chi connectivity index (χ0) is 32.1. The van der Waals surface area contributed by atoms with Gasteiger partial charge in [0, 0.05) is 44.8 Å². The number of para-hydroxylation sites is 1. The fourth-order valence-electron chi connectivity index (χ4n) is 5.35. The second kappa shape index (κ2) is 14.2. The molecule has 1 aliphatic rings. The maximum Gasteiger partial charge on any atom is 0.410 e. The number of carbonyl (C=O) groups excluding carboxylic acids is 3. The number of nitrogens with two attached hydrogens (primary N) is 1. The van der Waals surface area contributed by atoms with Gasteiger partial charge < -0.3 is 34.3 Å². The van der Waals surface area contributed by atoms with E-state index >= 15 is 0 Å². The number of benzene rings is 1. The summed E-state index contributed by atoms with van der Waals surface area (Å²) in [6, 6.07) is 5.15. The summed E-state index contributed by atoms with van der Waals surface area (Å²) >= 11 is 7.04. The number of piperidine rings is 1. The third-order valence-electron chi connectivity index (χ3n) is 7.65. The van der Waals surface area contributed by atoms with Gasteiger partial charge in [0.25, 0.3) is 5.91 Å². The molecule has 0 aliphatic carbocycles. The second-order valence-electron chi connectivity index (χ2n) is 13.2. The number of ether oxygens (including phenoxy) is 3. The van der Waals surface area contributed by atoms with Crippen molar-refractivity contribution in [3.8, 4) is 5.75 Å². The Hall–Kier alpha value is -2.98. The molecule has 1 atom stereocenters. The van der Waals surface area contributed by atoms with Gasteiger partial charge in [0.05, 0.1) is 22.0 Å². The quantitative estimate of drug-likeness (QED) is 0.297. The van der Waals surface area contributed by atoms with E-state index in [1.807, 2.05) is 62.3 Å². The van der Waals surface area contributed by atoms with E-state index < -0.39 is 16.9 Å². The highest BCUT2D eigenvalue weighted by Gasteiger charge is 2.37. The number of nitrogens with zero attached hydrogens (tertiary/aromatic N) is 3. The van der Waals surface area contributed by atoms with Gasteiger partial charge in [-0.15, -0.1) is 0 Å². The number of aromatic nitrogens is 1. The fraction of sp³-hybridized carbons (Fsp3) is 0.656. The molecule has 1 saturated heterocycles. The van der Waals surface area contributed by atoms with Crippen molar-refractivity contribution in [3.63, 3.8) is 0 Å². The minimum absolute atomic E-state index is 0.0674. The number of hydrogen-bond donors (Lipinski definition) is 1. The van der Waals surface area contributed by atoms with Crippen LogP contribution in [-0.2, 0) is 20.8 Å². The summed E-state index contributed by atoms with van der Waals surface area (Å²) in [7, 11) is 1.66. The van der Waals surface area contributed by atoms with E-state index in [9.17, 15) is 14.4 Å². The highest BCUT2D eigenvalue weighted by atomic mass is 35.5. The molecular formula is C32H49ClN4O6. The van der Waals surface area contributed by atoms with Gasteiger partial charge in [0.2, 0.25) is 5.91 Å². The van der Waals surface area contributed by atoms with Gasteiger partial charge >= 0.3 is 6.09 Å². The number of hydrogen-bond acceptors (Lipinski definition) is 6. The monoisotopic (exact) mass is 620 g/mol. The predicted octanol–water partition coefficient (Wildman–Crippen LogP) is 5.86. The third-order valence-corrected chi connectivity index (χ3v) is 8.04. The Labute approximate surface area is 260 Å². The molecule has 0 bridgehead atoms. The van der Waals surface area contributed by atoms with Gasteiger partial charge in [0.15, 0.2) is 0 Å². The first kappa shape index (κ1) is 34.5. The topological polar surface area (TPSA) is 116 Å². The van der Waals surface area contributed by atoms with Crippen LogP contribution >= 0.6 is 11.6 Å². The van der Waals surface area contributed by atoms with Crippen LogP contribution in [-0.4, -0.2) is 83.4 Å². The van der Waals surface area contributed by atoms with E-state index in [0.29, 0.717) is 53.6 Å². The lowest BCUT2D eigenvalue weighted by molar-refractivity contribution is -0.127. The minimum Gasteiger partial charge on any atom is -0.490 e. The molecular weight excluding hydrogens is 572 g/mol. The largest absolute Gasteiger partial charge is 0.490 e. The zero-order valence-electron chi connectivity index (χ0n) is 27.0. The van der Waals surface area contributed by atoms with Crippen molar-refractivity contribution >= 4 is 40.4 Å². The summed E-state index contributed by atoms with van der Waals surface area (Å²) in [5, 5.41) is 1.03. The van der Waals surface area contributed by atoms with E-state index in [4.69, 9.17) is 31.5 Å². The van der Waals surface area contributed by atoms with Crippen LogP contribution in [0.3, 0.4) is 0 Å². The lowest BCUT2D eigenvalue weighted by Crippen LogP contribution is -2.54. The molecule has 3 rings (SSSR count). The summed E-state index contributed by atoms with van der Waals surface area (Å²) in [5.41, 5.74) is 5.16. The molecule has 2 N–H and O–H groups in total. The number of methoxy groups -OCH3 is 1. The molecule has 1 aromatic heterocycles. The first-order valence-electron chi connectivity index (χ1n) is 15.1. The van der Waals surface area contributed by atoms with Crippen molar-refractivity contribution in [2.75, 3.05) is 33.4 Å². The molecule has 240 valence electrons. The summed E-state index contributed by atoms with van der Waals surface area (Å²) in [5.74, 6) is -0.157. The molecule has 10 nitrogen and oxygen atoms in total. The highest BCUT2D eigenvalue weighted by Crippen LogP contribution is 2.38. The lowest BCUT2D eigenvalue weighted by atomic mass is 9.94. The first-order valence-corrected chi connectivity index (χ1v) is 15.5. The Balaban J connectivity index is 2.05. The van der Waals surface area contributed by atoms with Gasteiger partial charge in [-0.2, -0.15) is 0 Å². The average molecular weight is 621 g/mol. The van der Waals surface area contributed by atoms with Crippen molar-refractivity contribution in [2.24, 2.45) is 11.1 Å². The Morgan fingerprint density at radius 2 is 1.84 bits per heavy atom. The molecule has 0 spiro atoms. The predicted molar refractivity (Wildman–Crippen MR) is 169 cm³/mol. The van der Waals surface area contributed by atoms with Gasteiger partial charge in [-0.3, -0.25) is 9.59 Å². The molecule has 0 saturated carbocycles. The van der Waals surface area contributed by atoms with Crippen LogP contribution in [0.5, 0.6) is 5.75 Å². The van der Waals surface area contributed by atoms with Gasteiger partial charge in [-0.25, -0.2) is 4.79 Å². The number of unbranched alkanes of at least 4 members (excludes halogenated alkanes) is 1. The maximum absolute atomic E-state index is 14.6. The summed E-state index contributed by atoms with van der Waals surface area (Å²) in [4.78, 5) is 43.0. The van der Waals surface area contributed by atoms with E-state index in [2.05, 4.69) is 0 Å². The molecule has 0 radical (unpaired) electrons. The Morgan fingerprint density at radius 1 is 1.14 bits per heavy atom.